The van der Waals surface area contributed by atoms with Crippen molar-refractivity contribution in [3.05, 3.63) is 42.1 Å². The molecule has 2 atom stereocenters. The molecule has 1 aromatic heterocycles. The van der Waals surface area contributed by atoms with Gasteiger partial charge in [0.05, 0.1) is 5.52 Å². The van der Waals surface area contributed by atoms with Gasteiger partial charge in [0, 0.05) is 31.3 Å². The molecule has 0 aliphatic carbocycles. The lowest BCUT2D eigenvalue weighted by molar-refractivity contribution is 0.152. The molecule has 3 heteroatoms. The molecule has 0 radical (unpaired) electrons. The Bertz CT molecular complexity index is 513. The molecular weight excluding hydrogens is 224 g/mol. The number of hydrogen-bond donors (Lipinski definition) is 1. The topological polar surface area (TPSA) is 48.1 Å². The molecule has 2 N–H and O–H groups in total. The second kappa shape index (κ2) is 5.94. The summed E-state index contributed by atoms with van der Waals surface area (Å²) in [5.41, 5.74) is 8.38. The Hall–Kier alpha value is -1.45. The molecule has 2 rings (SSSR count). The summed E-state index contributed by atoms with van der Waals surface area (Å²) < 4.78 is 5.14. The lowest BCUT2D eigenvalue weighted by atomic mass is 9.96. The van der Waals surface area contributed by atoms with Crippen molar-refractivity contribution in [2.75, 3.05) is 13.7 Å². The van der Waals surface area contributed by atoms with Crippen LogP contribution in [0.1, 0.15) is 24.9 Å². The van der Waals surface area contributed by atoms with Crippen LogP contribution in [-0.2, 0) is 4.74 Å². The first-order valence-electron chi connectivity index (χ1n) is 6.30. The smallest absolute Gasteiger partial charge is 0.0705 e. The van der Waals surface area contributed by atoms with Crippen LogP contribution in [0.3, 0.4) is 0 Å². The lowest BCUT2D eigenvalue weighted by Crippen LogP contribution is -2.16. The van der Waals surface area contributed by atoms with Gasteiger partial charge in [0.25, 0.3) is 0 Å². The van der Waals surface area contributed by atoms with E-state index in [1.54, 1.807) is 7.11 Å². The highest BCUT2D eigenvalue weighted by atomic mass is 16.5. The second-order valence-corrected chi connectivity index (χ2v) is 4.86. The van der Waals surface area contributed by atoms with Crippen molar-refractivity contribution >= 4 is 10.9 Å². The van der Waals surface area contributed by atoms with Crippen molar-refractivity contribution in [2.45, 2.75) is 19.4 Å². The van der Waals surface area contributed by atoms with Gasteiger partial charge in [-0.2, -0.15) is 0 Å². The number of nitrogens with zero attached hydrogens (tertiary/aromatic N) is 1. The Morgan fingerprint density at radius 1 is 1.33 bits per heavy atom. The Labute approximate surface area is 108 Å². The van der Waals surface area contributed by atoms with E-state index < -0.39 is 0 Å². The molecule has 0 bridgehead atoms. The fourth-order valence-electron chi connectivity index (χ4n) is 2.24. The second-order valence-electron chi connectivity index (χ2n) is 4.86. The van der Waals surface area contributed by atoms with Crippen LogP contribution in [0.15, 0.2) is 36.5 Å². The number of ether oxygens (including phenoxy) is 1. The number of methoxy groups -OCH3 is 1. The first-order valence-corrected chi connectivity index (χ1v) is 6.30. The van der Waals surface area contributed by atoms with Crippen molar-refractivity contribution < 1.29 is 4.74 Å². The van der Waals surface area contributed by atoms with Crippen molar-refractivity contribution in [3.63, 3.8) is 0 Å². The summed E-state index contributed by atoms with van der Waals surface area (Å²) in [5, 5.41) is 1.15. The summed E-state index contributed by atoms with van der Waals surface area (Å²) in [4.78, 5) is 4.36. The molecule has 0 aliphatic heterocycles. The summed E-state index contributed by atoms with van der Waals surface area (Å²) in [6.07, 6.45) is 2.73. The molecular formula is C15H20N2O. The average molecular weight is 244 g/mol. The molecule has 3 nitrogen and oxygen atoms in total. The van der Waals surface area contributed by atoms with Gasteiger partial charge in [0.2, 0.25) is 0 Å². The highest BCUT2D eigenvalue weighted by molar-refractivity contribution is 5.78. The third-order valence-electron chi connectivity index (χ3n) is 3.17. The summed E-state index contributed by atoms with van der Waals surface area (Å²) in [6, 6.07) is 10.3. The largest absolute Gasteiger partial charge is 0.384 e. The minimum Gasteiger partial charge on any atom is -0.384 e. The van der Waals surface area contributed by atoms with E-state index in [9.17, 15) is 0 Å². The summed E-state index contributed by atoms with van der Waals surface area (Å²) in [5.74, 6) is 0.462. The van der Waals surface area contributed by atoms with Gasteiger partial charge in [-0.1, -0.05) is 25.1 Å². The molecule has 0 amide bonds. The zero-order chi connectivity index (χ0) is 13.0. The van der Waals surface area contributed by atoms with Crippen molar-refractivity contribution in [2.24, 2.45) is 11.7 Å². The maximum atomic E-state index is 6.23. The molecule has 18 heavy (non-hydrogen) atoms. The van der Waals surface area contributed by atoms with Crippen molar-refractivity contribution in [1.82, 2.24) is 4.98 Å². The van der Waals surface area contributed by atoms with Gasteiger partial charge in [-0.15, -0.1) is 0 Å². The van der Waals surface area contributed by atoms with E-state index >= 15 is 0 Å². The van der Waals surface area contributed by atoms with Crippen LogP contribution in [0.25, 0.3) is 10.9 Å². The Kier molecular flexibility index (Phi) is 4.28. The number of benzene rings is 1. The van der Waals surface area contributed by atoms with Gasteiger partial charge in [0.15, 0.2) is 0 Å². The Balaban J connectivity index is 2.15. The van der Waals surface area contributed by atoms with Crippen LogP contribution in [-0.4, -0.2) is 18.7 Å². The normalized spacial score (nSPS) is 14.6. The van der Waals surface area contributed by atoms with Crippen LogP contribution in [0.5, 0.6) is 0 Å². The predicted molar refractivity (Wildman–Crippen MR) is 74.3 cm³/mol. The van der Waals surface area contributed by atoms with Gasteiger partial charge in [-0.05, 0) is 30.0 Å². The van der Waals surface area contributed by atoms with E-state index in [4.69, 9.17) is 10.5 Å². The van der Waals surface area contributed by atoms with E-state index in [0.29, 0.717) is 5.92 Å². The molecule has 1 aromatic carbocycles. The number of fused-ring (bicyclic) bond motifs is 1. The van der Waals surface area contributed by atoms with E-state index in [-0.39, 0.29) is 6.04 Å². The number of nitrogens with two attached hydrogens (primary N) is 1. The van der Waals surface area contributed by atoms with Crippen LogP contribution in [0.2, 0.25) is 0 Å². The fourth-order valence-corrected chi connectivity index (χ4v) is 2.24. The maximum absolute atomic E-state index is 6.23. The zero-order valence-corrected chi connectivity index (χ0v) is 11.0. The quantitative estimate of drug-likeness (QED) is 0.879. The fraction of sp³-hybridized carbons (Fsp3) is 0.400. The third-order valence-corrected chi connectivity index (χ3v) is 3.17. The third kappa shape index (κ3) is 3.06. The van der Waals surface area contributed by atoms with Gasteiger partial charge < -0.3 is 10.5 Å². The van der Waals surface area contributed by atoms with Gasteiger partial charge in [-0.25, -0.2) is 0 Å². The predicted octanol–water partition coefficient (Wildman–Crippen LogP) is 2.91. The summed E-state index contributed by atoms with van der Waals surface area (Å²) in [6.45, 7) is 2.90. The Morgan fingerprint density at radius 3 is 2.94 bits per heavy atom. The van der Waals surface area contributed by atoms with Gasteiger partial charge in [0.1, 0.15) is 0 Å². The number of rotatable bonds is 5. The van der Waals surface area contributed by atoms with E-state index in [0.717, 1.165) is 29.5 Å². The maximum Gasteiger partial charge on any atom is 0.0705 e. The molecule has 0 spiro atoms. The molecule has 1 heterocycles. The number of pyridine rings is 1. The zero-order valence-electron chi connectivity index (χ0n) is 11.0. The van der Waals surface area contributed by atoms with E-state index in [1.807, 2.05) is 12.3 Å². The van der Waals surface area contributed by atoms with E-state index in [1.165, 1.54) is 0 Å². The number of aromatic nitrogens is 1. The van der Waals surface area contributed by atoms with Gasteiger partial charge >= 0.3 is 0 Å². The average Bonchev–Trinajstić information content (AvgIpc) is 2.38. The molecule has 0 saturated carbocycles. The first kappa shape index (κ1) is 13.0. The van der Waals surface area contributed by atoms with Crippen LogP contribution in [0, 0.1) is 5.92 Å². The van der Waals surface area contributed by atoms with Gasteiger partial charge in [-0.3, -0.25) is 4.98 Å². The summed E-state index contributed by atoms with van der Waals surface area (Å²) >= 11 is 0. The summed E-state index contributed by atoms with van der Waals surface area (Å²) in [7, 11) is 1.72. The first-order chi connectivity index (χ1) is 8.70. The molecule has 2 aromatic rings. The monoisotopic (exact) mass is 244 g/mol. The molecule has 96 valence electrons. The molecule has 2 unspecified atom stereocenters. The highest BCUT2D eigenvalue weighted by Crippen LogP contribution is 2.22. The Morgan fingerprint density at radius 2 is 2.17 bits per heavy atom. The van der Waals surface area contributed by atoms with Crippen LogP contribution >= 0.6 is 0 Å². The molecule has 0 aliphatic rings. The molecule has 0 saturated heterocycles. The van der Waals surface area contributed by atoms with Crippen molar-refractivity contribution in [3.8, 4) is 0 Å². The molecule has 0 fully saturated rings. The standard InChI is InChI=1S/C15H20N2O/c1-11(10-18-2)8-14(16)13-6-5-12-4-3-7-17-15(12)9-13/h3-7,9,11,14H,8,10,16H2,1-2H3. The van der Waals surface area contributed by atoms with Crippen molar-refractivity contribution in [1.29, 1.82) is 0 Å². The highest BCUT2D eigenvalue weighted by Gasteiger charge is 2.11. The SMILES string of the molecule is COCC(C)CC(N)c1ccc2cccnc2c1. The number of hydrogen-bond acceptors (Lipinski definition) is 3. The van der Waals surface area contributed by atoms with Crippen LogP contribution in [0.4, 0.5) is 0 Å². The minimum atomic E-state index is 0.0431. The van der Waals surface area contributed by atoms with Crippen LogP contribution < -0.4 is 5.73 Å². The minimum absolute atomic E-state index is 0.0431. The lowest BCUT2D eigenvalue weighted by Gasteiger charge is -2.17. The van der Waals surface area contributed by atoms with E-state index in [2.05, 4.69) is 36.2 Å².